The number of amides is 6. The third-order valence-electron chi connectivity index (χ3n) is 9.41. The van der Waals surface area contributed by atoms with E-state index in [0.717, 1.165) is 43.4 Å². The molecule has 0 saturated carbocycles. The molecule has 0 bridgehead atoms. The van der Waals surface area contributed by atoms with Crippen LogP contribution in [0.4, 0.5) is 15.8 Å². The minimum atomic E-state index is -0.987. The van der Waals surface area contributed by atoms with Crippen LogP contribution in [0.1, 0.15) is 105 Å². The molecular formula is C37H39FN6O6. The van der Waals surface area contributed by atoms with Crippen LogP contribution in [0.25, 0.3) is 11.6 Å². The van der Waals surface area contributed by atoms with Crippen molar-refractivity contribution in [3.63, 3.8) is 0 Å². The molecule has 50 heavy (non-hydrogen) atoms. The number of nitrogens with one attached hydrogen (secondary N) is 5. The lowest BCUT2D eigenvalue weighted by molar-refractivity contribution is -0.136. The number of benzene rings is 2. The van der Waals surface area contributed by atoms with Gasteiger partial charge in [-0.2, -0.15) is 0 Å². The van der Waals surface area contributed by atoms with Crippen molar-refractivity contribution in [3.05, 3.63) is 81.4 Å². The Balaban J connectivity index is 0.890. The zero-order chi connectivity index (χ0) is 35.5. The molecule has 6 amide bonds. The van der Waals surface area contributed by atoms with E-state index in [9.17, 15) is 33.2 Å². The Morgan fingerprint density at radius 1 is 0.880 bits per heavy atom. The first-order valence-corrected chi connectivity index (χ1v) is 16.9. The number of nitrogens with zero attached hydrogens (tertiary/aromatic N) is 1. The van der Waals surface area contributed by atoms with Crippen LogP contribution in [0.5, 0.6) is 0 Å². The number of aryl methyl sites for hydroxylation is 1. The molecule has 2 aromatic carbocycles. The number of aromatic nitrogens is 1. The maximum Gasteiger partial charge on any atom is 0.262 e. The van der Waals surface area contributed by atoms with Crippen LogP contribution in [0.15, 0.2) is 36.4 Å². The van der Waals surface area contributed by atoms with Gasteiger partial charge < -0.3 is 20.9 Å². The van der Waals surface area contributed by atoms with Gasteiger partial charge in [0.25, 0.3) is 23.6 Å². The van der Waals surface area contributed by atoms with Crippen LogP contribution in [0, 0.1) is 19.7 Å². The highest BCUT2D eigenvalue weighted by Crippen LogP contribution is 2.34. The largest absolute Gasteiger partial charge is 0.385 e. The first kappa shape index (κ1) is 34.3. The van der Waals surface area contributed by atoms with Gasteiger partial charge in [-0.05, 0) is 81.1 Å². The molecule has 3 aliphatic heterocycles. The molecule has 3 aliphatic rings. The normalized spacial score (nSPS) is 17.6. The van der Waals surface area contributed by atoms with Crippen molar-refractivity contribution in [2.45, 2.75) is 71.3 Å². The van der Waals surface area contributed by atoms with Crippen molar-refractivity contribution in [3.8, 4) is 0 Å². The molecule has 6 rings (SSSR count). The fourth-order valence-electron chi connectivity index (χ4n) is 6.77. The number of rotatable bonds is 13. The first-order valence-electron chi connectivity index (χ1n) is 16.9. The Bertz CT molecular complexity index is 1950. The topological polar surface area (TPSA) is 170 Å². The van der Waals surface area contributed by atoms with E-state index in [4.69, 9.17) is 0 Å². The average Bonchev–Trinajstić information content (AvgIpc) is 3.64. The fraction of sp³-hybridized carbons (Fsp3) is 0.351. The van der Waals surface area contributed by atoms with E-state index in [1.807, 2.05) is 13.8 Å². The van der Waals surface area contributed by atoms with Crippen molar-refractivity contribution in [2.75, 3.05) is 23.7 Å². The number of fused-ring (bicyclic) bond motifs is 2. The number of hydrogen-bond acceptors (Lipinski definition) is 7. The summed E-state index contributed by atoms with van der Waals surface area (Å²) in [6.45, 7) is 4.86. The van der Waals surface area contributed by atoms with E-state index in [1.165, 1.54) is 18.2 Å². The first-order chi connectivity index (χ1) is 24.0. The van der Waals surface area contributed by atoms with Gasteiger partial charge >= 0.3 is 0 Å². The van der Waals surface area contributed by atoms with Gasteiger partial charge in [0, 0.05) is 47.8 Å². The van der Waals surface area contributed by atoms with Gasteiger partial charge in [-0.3, -0.25) is 39.0 Å². The standard InChI is InChI=1S/C37H39FN6O6/c1-20-29(19-26-25-17-22(38)9-12-28(25)42-33(26)46)41-21(2)32(20)35(48)40-16-8-6-4-3-5-7-15-39-23-10-11-24-27(18-23)37(50)44(36(24)49)30-13-14-31(45)43-34(30)47/h9-12,17-19,30,39,41H,3-8,13-16H2,1-2H3,(H,40,48)(H,42,46)(H,43,45,47). The maximum atomic E-state index is 13.8. The quantitative estimate of drug-likeness (QED) is 0.0976. The number of carbonyl (C=O) groups excluding carboxylic acids is 6. The zero-order valence-corrected chi connectivity index (χ0v) is 28.0. The number of aromatic amines is 1. The van der Waals surface area contributed by atoms with E-state index < -0.39 is 35.5 Å². The number of unbranched alkanes of at least 4 members (excludes halogenated alkanes) is 5. The van der Waals surface area contributed by atoms with Gasteiger partial charge in [0.05, 0.1) is 22.3 Å². The van der Waals surface area contributed by atoms with Crippen LogP contribution in [-0.2, 0) is 14.4 Å². The molecule has 1 fully saturated rings. The Morgan fingerprint density at radius 3 is 2.36 bits per heavy atom. The summed E-state index contributed by atoms with van der Waals surface area (Å²) in [5, 5.41) is 11.2. The number of anilines is 2. The Hall–Kier alpha value is -5.59. The van der Waals surface area contributed by atoms with Gasteiger partial charge in [-0.25, -0.2) is 4.39 Å². The van der Waals surface area contributed by atoms with E-state index in [1.54, 1.807) is 24.3 Å². The Morgan fingerprint density at radius 2 is 1.60 bits per heavy atom. The number of H-pyrrole nitrogens is 1. The van der Waals surface area contributed by atoms with Crippen molar-refractivity contribution < 1.29 is 33.2 Å². The summed E-state index contributed by atoms with van der Waals surface area (Å²) >= 11 is 0. The predicted octanol–water partition coefficient (Wildman–Crippen LogP) is 4.85. The minimum absolute atomic E-state index is 0.0765. The van der Waals surface area contributed by atoms with Gasteiger partial charge in [-0.1, -0.05) is 25.7 Å². The number of hydrogen-bond donors (Lipinski definition) is 5. The average molecular weight is 683 g/mol. The minimum Gasteiger partial charge on any atom is -0.385 e. The molecular weight excluding hydrogens is 643 g/mol. The second-order valence-electron chi connectivity index (χ2n) is 12.9. The molecule has 0 aliphatic carbocycles. The van der Waals surface area contributed by atoms with Crippen molar-refractivity contribution in [1.29, 1.82) is 0 Å². The molecule has 12 nitrogen and oxygen atoms in total. The lowest BCUT2D eigenvalue weighted by Gasteiger charge is -2.27. The third-order valence-corrected chi connectivity index (χ3v) is 9.41. The molecule has 1 atom stereocenters. The molecule has 0 spiro atoms. The number of imide groups is 2. The number of halogens is 1. The number of piperidine rings is 1. The second kappa shape index (κ2) is 14.5. The molecule has 0 radical (unpaired) electrons. The third kappa shape index (κ3) is 6.93. The van der Waals surface area contributed by atoms with Gasteiger partial charge in [0.1, 0.15) is 11.9 Å². The van der Waals surface area contributed by atoms with E-state index in [0.29, 0.717) is 58.1 Å². The Labute approximate surface area is 288 Å². The highest BCUT2D eigenvalue weighted by atomic mass is 19.1. The van der Waals surface area contributed by atoms with Crippen LogP contribution in [0.3, 0.4) is 0 Å². The second-order valence-corrected chi connectivity index (χ2v) is 12.9. The van der Waals surface area contributed by atoms with Crippen molar-refractivity contribution >= 4 is 58.5 Å². The van der Waals surface area contributed by atoms with Crippen LogP contribution >= 0.6 is 0 Å². The number of carbonyl (C=O) groups is 6. The van der Waals surface area contributed by atoms with Gasteiger partial charge in [0.15, 0.2) is 0 Å². The molecule has 13 heteroatoms. The SMILES string of the molecule is Cc1[nH]c(C=C2C(=O)Nc3ccc(F)cc32)c(C)c1C(=O)NCCCCCCCCNc1ccc2c(c1)C(=O)N(C1CCC(=O)NC1=O)C2=O. The summed E-state index contributed by atoms with van der Waals surface area (Å²) in [7, 11) is 0. The summed E-state index contributed by atoms with van der Waals surface area (Å²) < 4.78 is 13.8. The van der Waals surface area contributed by atoms with Crippen molar-refractivity contribution in [1.82, 2.24) is 20.5 Å². The smallest absolute Gasteiger partial charge is 0.262 e. The van der Waals surface area contributed by atoms with Crippen LogP contribution in [-0.4, -0.2) is 64.5 Å². The van der Waals surface area contributed by atoms with Crippen molar-refractivity contribution in [2.24, 2.45) is 0 Å². The molecule has 1 aromatic heterocycles. The Kier molecular flexibility index (Phi) is 9.93. The summed E-state index contributed by atoms with van der Waals surface area (Å²) in [5.41, 5.74) is 5.15. The van der Waals surface area contributed by atoms with Crippen LogP contribution in [0.2, 0.25) is 0 Å². The molecule has 3 aromatic rings. The summed E-state index contributed by atoms with van der Waals surface area (Å²) in [4.78, 5) is 79.4. The highest BCUT2D eigenvalue weighted by Gasteiger charge is 2.44. The van der Waals surface area contributed by atoms with Crippen LogP contribution < -0.4 is 21.3 Å². The molecule has 260 valence electrons. The van der Waals surface area contributed by atoms with Gasteiger partial charge in [-0.15, -0.1) is 0 Å². The highest BCUT2D eigenvalue weighted by molar-refractivity contribution is 6.35. The maximum absolute atomic E-state index is 13.8. The summed E-state index contributed by atoms with van der Waals surface area (Å²) in [6, 6.07) is 8.14. The lowest BCUT2D eigenvalue weighted by Crippen LogP contribution is -2.54. The lowest BCUT2D eigenvalue weighted by atomic mass is 10.0. The summed E-state index contributed by atoms with van der Waals surface area (Å²) in [5.74, 6) is -3.03. The predicted molar refractivity (Wildman–Crippen MR) is 185 cm³/mol. The molecule has 1 saturated heterocycles. The van der Waals surface area contributed by atoms with E-state index in [-0.39, 0.29) is 35.8 Å². The molecule has 4 heterocycles. The van der Waals surface area contributed by atoms with E-state index in [2.05, 4.69) is 26.3 Å². The molecule has 1 unspecified atom stereocenters. The van der Waals surface area contributed by atoms with E-state index >= 15 is 0 Å². The van der Waals surface area contributed by atoms with Gasteiger partial charge in [0.2, 0.25) is 11.8 Å². The monoisotopic (exact) mass is 682 g/mol. The fourth-order valence-corrected chi connectivity index (χ4v) is 6.77. The molecule has 5 N–H and O–H groups in total. The zero-order valence-electron chi connectivity index (χ0n) is 28.0. The summed E-state index contributed by atoms with van der Waals surface area (Å²) in [6.07, 6.45) is 7.61.